The molecule has 2 aliphatic rings. The maximum atomic E-state index is 12.7. The number of hydrogen-bond donors (Lipinski definition) is 1. The van der Waals surface area contributed by atoms with E-state index in [1.165, 1.54) is 4.31 Å². The summed E-state index contributed by atoms with van der Waals surface area (Å²) in [6.45, 7) is 4.71. The van der Waals surface area contributed by atoms with Crippen LogP contribution < -0.4 is 5.73 Å². The molecule has 183 valence electrons. The van der Waals surface area contributed by atoms with Gasteiger partial charge in [0.1, 0.15) is 0 Å². The number of rotatable bonds is 9. The molecule has 2 fully saturated rings. The van der Waals surface area contributed by atoms with Gasteiger partial charge in [-0.15, -0.1) is 0 Å². The van der Waals surface area contributed by atoms with Gasteiger partial charge in [0.2, 0.25) is 5.91 Å². The first-order chi connectivity index (χ1) is 15.7. The van der Waals surface area contributed by atoms with E-state index in [2.05, 4.69) is 4.90 Å². The lowest BCUT2D eigenvalue weighted by Crippen LogP contribution is -2.57. The average molecular weight is 498 g/mol. The highest BCUT2D eigenvalue weighted by Gasteiger charge is 2.37. The van der Waals surface area contributed by atoms with Crippen molar-refractivity contribution in [3.63, 3.8) is 0 Å². The molecule has 2 amide bonds. The molecule has 8 nitrogen and oxygen atoms in total. The number of primary amides is 1. The van der Waals surface area contributed by atoms with E-state index in [9.17, 15) is 18.0 Å². The second-order valence-corrected chi connectivity index (χ2v) is 11.1. The maximum absolute atomic E-state index is 12.7. The van der Waals surface area contributed by atoms with Crippen molar-refractivity contribution >= 4 is 32.8 Å². The van der Waals surface area contributed by atoms with E-state index >= 15 is 0 Å². The van der Waals surface area contributed by atoms with Crippen molar-refractivity contribution in [1.82, 2.24) is 14.1 Å². The van der Waals surface area contributed by atoms with Crippen LogP contribution in [0.4, 0.5) is 4.79 Å². The monoisotopic (exact) mass is 497 g/mol. The minimum Gasteiger partial charge on any atom is -0.355 e. The van der Waals surface area contributed by atoms with Gasteiger partial charge in [0.15, 0.2) is 0 Å². The highest BCUT2D eigenvalue weighted by molar-refractivity contribution is 8.03. The lowest BCUT2D eigenvalue weighted by molar-refractivity contribution is -0.129. The summed E-state index contributed by atoms with van der Waals surface area (Å²) in [5.74, 6) is 0.384. The van der Waals surface area contributed by atoms with E-state index in [0.29, 0.717) is 43.5 Å². The quantitative estimate of drug-likeness (QED) is 0.564. The van der Waals surface area contributed by atoms with E-state index in [-0.39, 0.29) is 25.0 Å². The minimum absolute atomic E-state index is 0.00788. The number of amides is 2. The van der Waals surface area contributed by atoms with E-state index in [4.69, 9.17) is 17.3 Å². The highest BCUT2D eigenvalue weighted by atomic mass is 35.5. The second kappa shape index (κ2) is 11.6. The zero-order chi connectivity index (χ0) is 24.0. The number of halogens is 1. The van der Waals surface area contributed by atoms with Crippen LogP contribution in [-0.2, 0) is 21.2 Å². The summed E-state index contributed by atoms with van der Waals surface area (Å²) in [6, 6.07) is 7.47. The molecule has 0 spiro atoms. The Morgan fingerprint density at radius 1 is 1.15 bits per heavy atom. The van der Waals surface area contributed by atoms with Crippen molar-refractivity contribution in [2.45, 2.75) is 45.1 Å². The number of carbonyl (C=O) groups excluding carboxylic acids is 2. The van der Waals surface area contributed by atoms with E-state index < -0.39 is 15.3 Å². The van der Waals surface area contributed by atoms with E-state index in [0.717, 1.165) is 31.2 Å². The Kier molecular flexibility index (Phi) is 9.15. The van der Waals surface area contributed by atoms with Crippen molar-refractivity contribution in [1.29, 1.82) is 0 Å². The van der Waals surface area contributed by atoms with Gasteiger partial charge >= 0.3 is 5.24 Å². The van der Waals surface area contributed by atoms with Crippen molar-refractivity contribution in [3.8, 4) is 0 Å². The number of nitrogens with two attached hydrogens (primary N) is 1. The number of nitrogens with zero attached hydrogens (tertiary/aromatic N) is 3. The van der Waals surface area contributed by atoms with Crippen molar-refractivity contribution < 1.29 is 18.0 Å². The molecule has 1 radical (unpaired) electrons. The molecule has 1 aromatic carbocycles. The molecule has 1 aliphatic heterocycles. The fourth-order valence-electron chi connectivity index (χ4n) is 4.87. The second-order valence-electron chi connectivity index (χ2n) is 8.78. The van der Waals surface area contributed by atoms with Crippen LogP contribution in [0.25, 0.3) is 0 Å². The van der Waals surface area contributed by atoms with E-state index in [1.54, 1.807) is 13.3 Å². The van der Waals surface area contributed by atoms with Crippen molar-refractivity contribution in [2.75, 3.05) is 39.3 Å². The summed E-state index contributed by atoms with van der Waals surface area (Å²) in [5, 5.41) is -0.635. The Morgan fingerprint density at radius 3 is 2.30 bits per heavy atom. The summed E-state index contributed by atoms with van der Waals surface area (Å²) in [7, 11) is -4.15. The number of hydrogen-bond acceptors (Lipinski definition) is 5. The molecule has 1 saturated heterocycles. The molecule has 0 bridgehead atoms. The third-order valence-corrected chi connectivity index (χ3v) is 8.65. The van der Waals surface area contributed by atoms with Crippen LogP contribution >= 0.6 is 11.6 Å². The van der Waals surface area contributed by atoms with Gasteiger partial charge in [-0.05, 0) is 42.9 Å². The Hall–Kier alpha value is -1.68. The molecular formula is C23H34ClN4O4S. The van der Waals surface area contributed by atoms with E-state index in [1.807, 2.05) is 29.2 Å². The minimum atomic E-state index is -4.15. The molecule has 1 unspecified atom stereocenters. The number of sulfonamides is 1. The lowest BCUT2D eigenvalue weighted by atomic mass is 9.95. The first-order valence-electron chi connectivity index (χ1n) is 11.6. The summed E-state index contributed by atoms with van der Waals surface area (Å²) in [5.41, 5.74) is 6.18. The number of piperazine rings is 1. The van der Waals surface area contributed by atoms with Gasteiger partial charge in [-0.3, -0.25) is 14.5 Å². The topological polar surface area (TPSA) is 104 Å². The van der Waals surface area contributed by atoms with Gasteiger partial charge in [-0.1, -0.05) is 43.5 Å². The molecular weight excluding hydrogens is 464 g/mol. The highest BCUT2D eigenvalue weighted by Crippen LogP contribution is 2.32. The molecule has 1 atom stereocenters. The third-order valence-electron chi connectivity index (χ3n) is 6.80. The fraction of sp³-hybridized carbons (Fsp3) is 0.609. The van der Waals surface area contributed by atoms with Crippen molar-refractivity contribution in [3.05, 3.63) is 41.3 Å². The Morgan fingerprint density at radius 2 is 1.76 bits per heavy atom. The summed E-state index contributed by atoms with van der Waals surface area (Å²) >= 11 is 5.91. The maximum Gasteiger partial charge on any atom is 0.349 e. The lowest BCUT2D eigenvalue weighted by Gasteiger charge is -2.43. The largest absolute Gasteiger partial charge is 0.355 e. The zero-order valence-corrected chi connectivity index (χ0v) is 20.7. The van der Waals surface area contributed by atoms with Crippen molar-refractivity contribution in [2.24, 2.45) is 11.7 Å². The van der Waals surface area contributed by atoms with Gasteiger partial charge in [0.25, 0.3) is 10.0 Å². The first-order valence-corrected chi connectivity index (χ1v) is 13.4. The number of carbonyl (C=O) groups is 2. The fourth-order valence-corrected chi connectivity index (χ4v) is 5.94. The molecule has 3 rings (SSSR count). The number of benzene rings is 1. The predicted octanol–water partition coefficient (Wildman–Crippen LogP) is 2.52. The molecule has 1 saturated carbocycles. The standard InChI is InChI=1S/C23H34ClN4O4S/c1-2-28(33(31,32)23(25)30)17-21(19-5-3-4-6-19)26-13-15-27(16-14-26)22(29)12-9-18-7-10-20(24)11-8-18/h7-8,10-12,19,21H,2-6,9,13-17H2,1H3,(H2,25,30). The molecule has 1 heterocycles. The summed E-state index contributed by atoms with van der Waals surface area (Å²) < 4.78 is 26.0. The Bertz CT molecular complexity index is 911. The Labute approximate surface area is 202 Å². The molecule has 1 aliphatic carbocycles. The normalized spacial score (nSPS) is 19.2. The molecule has 2 N–H and O–H groups in total. The van der Waals surface area contributed by atoms with Crippen LogP contribution in [0.1, 0.15) is 38.2 Å². The molecule has 1 aromatic rings. The zero-order valence-electron chi connectivity index (χ0n) is 19.2. The van der Waals surface area contributed by atoms with Gasteiger partial charge in [-0.2, -0.15) is 4.31 Å². The van der Waals surface area contributed by atoms with Crippen LogP contribution in [0, 0.1) is 12.3 Å². The molecule has 33 heavy (non-hydrogen) atoms. The van der Waals surface area contributed by atoms with Crippen LogP contribution in [-0.4, -0.2) is 79.0 Å². The number of likely N-dealkylation sites (N-methyl/N-ethyl adjacent to an activating group) is 1. The predicted molar refractivity (Wildman–Crippen MR) is 129 cm³/mol. The van der Waals surface area contributed by atoms with Crippen LogP contribution in [0.3, 0.4) is 0 Å². The molecule has 0 aromatic heterocycles. The SMILES string of the molecule is CCN(CC(C1CCCC1)N1CCN(C(=O)[CH]Cc2ccc(Cl)cc2)CC1)S(=O)(=O)C(N)=O. The summed E-state index contributed by atoms with van der Waals surface area (Å²) in [4.78, 5) is 28.3. The summed E-state index contributed by atoms with van der Waals surface area (Å²) in [6.07, 6.45) is 6.62. The smallest absolute Gasteiger partial charge is 0.349 e. The van der Waals surface area contributed by atoms with Gasteiger partial charge < -0.3 is 10.6 Å². The average Bonchev–Trinajstić information content (AvgIpc) is 3.33. The van der Waals surface area contributed by atoms with Gasteiger partial charge in [0, 0.05) is 50.3 Å². The van der Waals surface area contributed by atoms with Gasteiger partial charge in [-0.25, -0.2) is 8.42 Å². The first kappa shape index (κ1) is 25.9. The van der Waals surface area contributed by atoms with Gasteiger partial charge in [0.05, 0.1) is 6.42 Å². The Balaban J connectivity index is 1.59. The van der Waals surface area contributed by atoms with Crippen LogP contribution in [0.5, 0.6) is 0 Å². The molecule has 10 heteroatoms. The third kappa shape index (κ3) is 6.68. The van der Waals surface area contributed by atoms with Crippen LogP contribution in [0.2, 0.25) is 5.02 Å². The van der Waals surface area contributed by atoms with Crippen LogP contribution in [0.15, 0.2) is 24.3 Å².